The zero-order valence-corrected chi connectivity index (χ0v) is 9.59. The molecule has 0 radical (unpaired) electrons. The molecular formula is C11H12Cl2O2. The van der Waals surface area contributed by atoms with E-state index >= 15 is 0 Å². The lowest BCUT2D eigenvalue weighted by molar-refractivity contribution is -0.143. The lowest BCUT2D eigenvalue weighted by Gasteiger charge is -2.04. The molecule has 1 aromatic rings. The van der Waals surface area contributed by atoms with Gasteiger partial charge in [0.2, 0.25) is 0 Å². The zero-order chi connectivity index (χ0) is 12.0. The molecule has 0 bridgehead atoms. The summed E-state index contributed by atoms with van der Waals surface area (Å²) < 4.78 is 11.8. The van der Waals surface area contributed by atoms with Gasteiger partial charge in [0.1, 0.15) is 11.4 Å². The van der Waals surface area contributed by atoms with Gasteiger partial charge in [0.25, 0.3) is 0 Å². The molecule has 82 valence electrons. The predicted molar refractivity (Wildman–Crippen MR) is 61.2 cm³/mol. The van der Waals surface area contributed by atoms with Crippen LogP contribution in [0.2, 0.25) is 0 Å². The molecule has 0 atom stereocenters. The van der Waals surface area contributed by atoms with Crippen molar-refractivity contribution in [3.8, 4) is 0 Å². The smallest absolute Gasteiger partial charge is 0.306 e. The van der Waals surface area contributed by atoms with Crippen LogP contribution in [-0.4, -0.2) is 17.4 Å². The van der Waals surface area contributed by atoms with Gasteiger partial charge < -0.3 is 4.74 Å². The van der Waals surface area contributed by atoms with Gasteiger partial charge in [-0.05, 0) is 12.0 Å². The Bertz CT molecular complexity index is 336. The first-order valence-electron chi connectivity index (χ1n) is 5.05. The van der Waals surface area contributed by atoms with Crippen LogP contribution in [0.25, 0.3) is 0 Å². The summed E-state index contributed by atoms with van der Waals surface area (Å²) in [6.45, 7) is -0.316. The van der Waals surface area contributed by atoms with Gasteiger partial charge >= 0.3 is 5.97 Å². The number of carbonyl (C=O) groups excluding carboxylic acids is 1. The largest absolute Gasteiger partial charge is 0.463 e. The highest BCUT2D eigenvalue weighted by atomic mass is 35.5. The van der Waals surface area contributed by atoms with Crippen LogP contribution >= 0.6 is 23.2 Å². The molecule has 0 saturated heterocycles. The third kappa shape index (κ3) is 5.65. The molecule has 0 aliphatic rings. The van der Waals surface area contributed by atoms with Crippen molar-refractivity contribution in [1.82, 2.24) is 0 Å². The Balaban J connectivity index is 2.26. The minimum absolute atomic E-state index is 0.258. The van der Waals surface area contributed by atoms with Crippen LogP contribution in [0.4, 0.5) is 0 Å². The minimum atomic E-state index is -1.76. The molecule has 0 aliphatic carbocycles. The molecule has 0 aromatic heterocycles. The van der Waals surface area contributed by atoms with E-state index in [1.165, 1.54) is 0 Å². The van der Waals surface area contributed by atoms with Crippen molar-refractivity contribution in [2.24, 2.45) is 0 Å². The number of hydrogen-bond donors (Lipinski definition) is 0. The van der Waals surface area contributed by atoms with E-state index in [-0.39, 0.29) is 13.0 Å². The average Bonchev–Trinajstić information content (AvgIpc) is 2.24. The topological polar surface area (TPSA) is 26.3 Å². The number of rotatable bonds is 5. The van der Waals surface area contributed by atoms with Gasteiger partial charge in [-0.2, -0.15) is 0 Å². The number of ether oxygens (including phenoxy) is 1. The molecule has 0 amide bonds. The maximum atomic E-state index is 11.2. The summed E-state index contributed by atoms with van der Waals surface area (Å²) in [5, 5.41) is 0. The molecule has 0 heterocycles. The molecule has 0 spiro atoms. The van der Waals surface area contributed by atoms with Gasteiger partial charge in [0, 0.05) is 6.42 Å². The van der Waals surface area contributed by atoms with E-state index in [0.717, 1.165) is 5.56 Å². The van der Waals surface area contributed by atoms with Crippen molar-refractivity contribution in [3.63, 3.8) is 0 Å². The Morgan fingerprint density at radius 2 is 2.07 bits per heavy atom. The molecule has 0 aliphatic heterocycles. The van der Waals surface area contributed by atoms with Gasteiger partial charge in [-0.3, -0.25) is 4.79 Å². The van der Waals surface area contributed by atoms with E-state index in [0.29, 0.717) is 6.42 Å². The standard InChI is InChI=1S/C11H12Cl2O2/c12-10(13)8-15-11(14)7-6-9-4-2-1-3-5-9/h1-5,10H,6-8H2/i10D. The summed E-state index contributed by atoms with van der Waals surface area (Å²) >= 11 is 10.7. The highest BCUT2D eigenvalue weighted by Gasteiger charge is 2.06. The fourth-order valence-electron chi connectivity index (χ4n) is 1.10. The Morgan fingerprint density at radius 1 is 1.40 bits per heavy atom. The van der Waals surface area contributed by atoms with Crippen molar-refractivity contribution in [1.29, 1.82) is 0 Å². The second-order valence-electron chi connectivity index (χ2n) is 2.98. The van der Waals surface area contributed by atoms with Crippen LogP contribution < -0.4 is 0 Å². The molecule has 0 N–H and O–H groups in total. The third-order valence-electron chi connectivity index (χ3n) is 1.80. The first-order valence-corrected chi connectivity index (χ1v) is 5.30. The maximum absolute atomic E-state index is 11.2. The first kappa shape index (κ1) is 10.8. The van der Waals surface area contributed by atoms with Gasteiger partial charge in [-0.15, -0.1) is 23.2 Å². The van der Waals surface area contributed by atoms with E-state index in [2.05, 4.69) is 0 Å². The van der Waals surface area contributed by atoms with Crippen molar-refractivity contribution in [2.75, 3.05) is 6.61 Å². The van der Waals surface area contributed by atoms with E-state index in [1.807, 2.05) is 30.3 Å². The third-order valence-corrected chi connectivity index (χ3v) is 2.02. The molecule has 0 saturated carbocycles. The Kier molecular flexibility index (Phi) is 4.81. The molecule has 4 heteroatoms. The van der Waals surface area contributed by atoms with Crippen molar-refractivity contribution >= 4 is 29.2 Å². The Labute approximate surface area is 101 Å². The number of carbonyl (C=O) groups is 1. The van der Waals surface area contributed by atoms with Crippen molar-refractivity contribution < 1.29 is 10.9 Å². The predicted octanol–water partition coefficient (Wildman–Crippen LogP) is 2.97. The second-order valence-corrected chi connectivity index (χ2v) is 4.09. The SMILES string of the molecule is [2H]C(Cl)(Cl)COC(=O)CCc1ccccc1. The Morgan fingerprint density at radius 3 is 2.67 bits per heavy atom. The van der Waals surface area contributed by atoms with E-state index < -0.39 is 10.8 Å². The van der Waals surface area contributed by atoms with Crippen LogP contribution in [0.3, 0.4) is 0 Å². The Hall–Kier alpha value is -0.730. The molecule has 0 unspecified atom stereocenters. The fraction of sp³-hybridized carbons (Fsp3) is 0.364. The zero-order valence-electron chi connectivity index (χ0n) is 9.08. The monoisotopic (exact) mass is 247 g/mol. The quantitative estimate of drug-likeness (QED) is 0.591. The second kappa shape index (κ2) is 6.70. The minimum Gasteiger partial charge on any atom is -0.463 e. The van der Waals surface area contributed by atoms with Gasteiger partial charge in [0.05, 0.1) is 1.37 Å². The summed E-state index contributed by atoms with van der Waals surface area (Å²) in [4.78, 5) is 9.48. The molecule has 2 nitrogen and oxygen atoms in total. The summed E-state index contributed by atoms with van der Waals surface area (Å²) in [6.07, 6.45) is 0.864. The van der Waals surface area contributed by atoms with Crippen LogP contribution in [0.5, 0.6) is 0 Å². The number of hydrogen-bond acceptors (Lipinski definition) is 2. The summed E-state index contributed by atoms with van der Waals surface area (Å²) in [5.74, 6) is -0.401. The van der Waals surface area contributed by atoms with Gasteiger partial charge in [-0.1, -0.05) is 30.3 Å². The number of benzene rings is 1. The number of aryl methyl sites for hydroxylation is 1. The summed E-state index contributed by atoms with van der Waals surface area (Å²) in [7, 11) is 0. The molecular weight excluding hydrogens is 235 g/mol. The van der Waals surface area contributed by atoms with Crippen LogP contribution in [0.15, 0.2) is 30.3 Å². The molecule has 0 fully saturated rings. The van der Waals surface area contributed by atoms with E-state index in [1.54, 1.807) is 0 Å². The van der Waals surface area contributed by atoms with Crippen molar-refractivity contribution in [2.45, 2.75) is 17.7 Å². The van der Waals surface area contributed by atoms with E-state index in [4.69, 9.17) is 29.3 Å². The highest BCUT2D eigenvalue weighted by molar-refractivity contribution is 6.44. The van der Waals surface area contributed by atoms with Gasteiger partial charge in [-0.25, -0.2) is 0 Å². The van der Waals surface area contributed by atoms with Gasteiger partial charge in [0.15, 0.2) is 0 Å². The normalized spacial score (nSPS) is 12.0. The molecule has 1 aromatic carbocycles. The number of esters is 1. The first-order chi connectivity index (χ1) is 7.47. The summed E-state index contributed by atoms with van der Waals surface area (Å²) in [5.41, 5.74) is 1.06. The fourth-order valence-corrected chi connectivity index (χ4v) is 1.21. The molecule has 15 heavy (non-hydrogen) atoms. The maximum Gasteiger partial charge on any atom is 0.306 e. The lowest BCUT2D eigenvalue weighted by Crippen LogP contribution is -2.10. The van der Waals surface area contributed by atoms with Crippen LogP contribution in [-0.2, 0) is 16.0 Å². The number of alkyl halides is 2. The van der Waals surface area contributed by atoms with Crippen LogP contribution in [0.1, 0.15) is 13.4 Å². The summed E-state index contributed by atoms with van der Waals surface area (Å²) in [6, 6.07) is 9.60. The van der Waals surface area contributed by atoms with E-state index in [9.17, 15) is 4.79 Å². The lowest BCUT2D eigenvalue weighted by atomic mass is 10.1. The number of halogens is 2. The molecule has 1 rings (SSSR count). The van der Waals surface area contributed by atoms with Crippen molar-refractivity contribution in [3.05, 3.63) is 35.9 Å². The van der Waals surface area contributed by atoms with Crippen LogP contribution in [0, 0.1) is 0 Å². The average molecular weight is 248 g/mol. The highest BCUT2D eigenvalue weighted by Crippen LogP contribution is 2.05.